The number of halogens is 2. The third-order valence-electron chi connectivity index (χ3n) is 4.48. The fourth-order valence-electron chi connectivity index (χ4n) is 2.99. The Kier molecular flexibility index (Phi) is 4.20. The number of aryl methyl sites for hydroxylation is 1. The molecule has 2 heterocycles. The molecule has 1 aliphatic heterocycles. The van der Waals surface area contributed by atoms with Gasteiger partial charge < -0.3 is 9.42 Å². The molecule has 3 aromatic rings. The number of hydrogen-bond donors (Lipinski definition) is 0. The largest absolute Gasteiger partial charge is 0.339 e. The van der Waals surface area contributed by atoms with Gasteiger partial charge in [-0.1, -0.05) is 28.9 Å². The highest BCUT2D eigenvalue weighted by Crippen LogP contribution is 2.32. The van der Waals surface area contributed by atoms with Gasteiger partial charge in [-0.25, -0.2) is 4.39 Å². The van der Waals surface area contributed by atoms with Gasteiger partial charge in [-0.2, -0.15) is 4.98 Å². The molecule has 0 N–H and O–H groups in total. The first-order chi connectivity index (χ1) is 12.5. The first-order valence-corrected chi connectivity index (χ1v) is 8.55. The number of amides is 1. The maximum Gasteiger partial charge on any atom is 0.232 e. The molecule has 0 bridgehead atoms. The van der Waals surface area contributed by atoms with Gasteiger partial charge in [0.1, 0.15) is 5.82 Å². The van der Waals surface area contributed by atoms with Crippen molar-refractivity contribution < 1.29 is 13.7 Å². The van der Waals surface area contributed by atoms with E-state index in [1.807, 2.05) is 0 Å². The van der Waals surface area contributed by atoms with Crippen LogP contribution in [-0.2, 0) is 4.79 Å². The Morgan fingerprint density at radius 1 is 1.23 bits per heavy atom. The molecule has 1 atom stereocenters. The van der Waals surface area contributed by atoms with E-state index in [-0.39, 0.29) is 24.1 Å². The monoisotopic (exact) mass is 371 g/mol. The summed E-state index contributed by atoms with van der Waals surface area (Å²) in [6, 6.07) is 11.9. The lowest BCUT2D eigenvalue weighted by Gasteiger charge is -2.15. The van der Waals surface area contributed by atoms with Gasteiger partial charge in [0.05, 0.1) is 5.92 Å². The van der Waals surface area contributed by atoms with Gasteiger partial charge >= 0.3 is 0 Å². The van der Waals surface area contributed by atoms with Crippen LogP contribution in [0.25, 0.3) is 11.4 Å². The molecule has 0 saturated carbocycles. The number of carbonyl (C=O) groups is 1. The molecular weight excluding hydrogens is 357 g/mol. The minimum Gasteiger partial charge on any atom is -0.339 e. The van der Waals surface area contributed by atoms with Crippen molar-refractivity contribution in [1.82, 2.24) is 10.1 Å². The van der Waals surface area contributed by atoms with Crippen LogP contribution in [0, 0.1) is 12.7 Å². The zero-order valence-electron chi connectivity index (χ0n) is 13.9. The van der Waals surface area contributed by atoms with Crippen LogP contribution in [0.2, 0.25) is 5.02 Å². The molecule has 1 amide bonds. The second-order valence-electron chi connectivity index (χ2n) is 6.30. The number of benzene rings is 2. The third kappa shape index (κ3) is 3.08. The SMILES string of the molecule is Cc1ccc(-c2noc(C3CC(=O)N(c4ccc(Cl)cc4)C3)n2)cc1F. The minimum absolute atomic E-state index is 0.0153. The average molecular weight is 372 g/mol. The first kappa shape index (κ1) is 16.7. The third-order valence-corrected chi connectivity index (χ3v) is 4.74. The first-order valence-electron chi connectivity index (χ1n) is 8.17. The molecule has 2 aromatic carbocycles. The highest BCUT2D eigenvalue weighted by molar-refractivity contribution is 6.30. The molecule has 26 heavy (non-hydrogen) atoms. The molecule has 132 valence electrons. The maximum atomic E-state index is 13.7. The predicted molar refractivity (Wildman–Crippen MR) is 95.6 cm³/mol. The van der Waals surface area contributed by atoms with Crippen LogP contribution in [0.15, 0.2) is 47.0 Å². The van der Waals surface area contributed by atoms with E-state index in [1.54, 1.807) is 48.2 Å². The molecule has 0 spiro atoms. The van der Waals surface area contributed by atoms with E-state index in [2.05, 4.69) is 10.1 Å². The van der Waals surface area contributed by atoms with Gasteiger partial charge in [-0.15, -0.1) is 0 Å². The summed E-state index contributed by atoms with van der Waals surface area (Å²) in [5, 5.41) is 4.55. The maximum absolute atomic E-state index is 13.7. The lowest BCUT2D eigenvalue weighted by Crippen LogP contribution is -2.24. The van der Waals surface area contributed by atoms with Gasteiger partial charge in [-0.05, 0) is 42.8 Å². The van der Waals surface area contributed by atoms with Crippen molar-refractivity contribution in [2.75, 3.05) is 11.4 Å². The van der Waals surface area contributed by atoms with E-state index in [4.69, 9.17) is 16.1 Å². The van der Waals surface area contributed by atoms with Gasteiger partial charge in [0.25, 0.3) is 0 Å². The molecule has 1 saturated heterocycles. The normalized spacial score (nSPS) is 17.1. The highest BCUT2D eigenvalue weighted by atomic mass is 35.5. The van der Waals surface area contributed by atoms with Crippen LogP contribution in [0.4, 0.5) is 10.1 Å². The smallest absolute Gasteiger partial charge is 0.232 e. The molecular formula is C19H15ClFN3O2. The Bertz CT molecular complexity index is 971. The number of aromatic nitrogens is 2. The van der Waals surface area contributed by atoms with Gasteiger partial charge in [0.2, 0.25) is 17.6 Å². The van der Waals surface area contributed by atoms with Crippen molar-refractivity contribution >= 4 is 23.2 Å². The van der Waals surface area contributed by atoms with Crippen LogP contribution < -0.4 is 4.90 Å². The summed E-state index contributed by atoms with van der Waals surface area (Å²) in [6.07, 6.45) is 0.284. The van der Waals surface area contributed by atoms with E-state index in [1.165, 1.54) is 6.07 Å². The highest BCUT2D eigenvalue weighted by Gasteiger charge is 2.35. The number of nitrogens with zero attached hydrogens (tertiary/aromatic N) is 3. The molecule has 1 aromatic heterocycles. The van der Waals surface area contributed by atoms with Crippen molar-refractivity contribution in [3.8, 4) is 11.4 Å². The Morgan fingerprint density at radius 3 is 2.73 bits per heavy atom. The molecule has 1 aliphatic rings. The van der Waals surface area contributed by atoms with Crippen LogP contribution in [-0.4, -0.2) is 22.6 Å². The Hall–Kier alpha value is -2.73. The Morgan fingerprint density at radius 2 is 2.00 bits per heavy atom. The van der Waals surface area contributed by atoms with Crippen molar-refractivity contribution in [2.45, 2.75) is 19.3 Å². The van der Waals surface area contributed by atoms with E-state index in [0.717, 1.165) is 5.69 Å². The predicted octanol–water partition coefficient (Wildman–Crippen LogP) is 4.36. The van der Waals surface area contributed by atoms with Crippen LogP contribution in [0.3, 0.4) is 0 Å². The fraction of sp³-hybridized carbons (Fsp3) is 0.211. The molecule has 4 rings (SSSR count). The van der Waals surface area contributed by atoms with Gasteiger partial charge in [-0.3, -0.25) is 4.79 Å². The number of rotatable bonds is 3. The number of hydrogen-bond acceptors (Lipinski definition) is 4. The minimum atomic E-state index is -0.321. The molecule has 5 nitrogen and oxygen atoms in total. The van der Waals surface area contributed by atoms with E-state index in [9.17, 15) is 9.18 Å². The average Bonchev–Trinajstić information content (AvgIpc) is 3.25. The standard InChI is InChI=1S/C19H15ClFN3O2/c1-11-2-3-12(8-16(11)21)18-22-19(26-23-18)13-9-17(25)24(10-13)15-6-4-14(20)5-7-15/h2-8,13H,9-10H2,1H3. The van der Waals surface area contributed by atoms with Crippen LogP contribution in [0.1, 0.15) is 23.8 Å². The molecule has 1 fully saturated rings. The summed E-state index contributed by atoms with van der Waals surface area (Å²) in [6.45, 7) is 2.14. The molecule has 7 heteroatoms. The molecule has 0 aliphatic carbocycles. The van der Waals surface area contributed by atoms with Gasteiger partial charge in [0.15, 0.2) is 0 Å². The topological polar surface area (TPSA) is 59.2 Å². The van der Waals surface area contributed by atoms with Crippen LogP contribution in [0.5, 0.6) is 0 Å². The fourth-order valence-corrected chi connectivity index (χ4v) is 3.12. The second-order valence-corrected chi connectivity index (χ2v) is 6.74. The van der Waals surface area contributed by atoms with E-state index < -0.39 is 0 Å². The zero-order valence-corrected chi connectivity index (χ0v) is 14.7. The molecule has 1 unspecified atom stereocenters. The van der Waals surface area contributed by atoms with Crippen molar-refractivity contribution in [1.29, 1.82) is 0 Å². The summed E-state index contributed by atoms with van der Waals surface area (Å²) in [5.41, 5.74) is 1.88. The van der Waals surface area contributed by atoms with E-state index >= 15 is 0 Å². The quantitative estimate of drug-likeness (QED) is 0.686. The van der Waals surface area contributed by atoms with Gasteiger partial charge in [0, 0.05) is 29.2 Å². The van der Waals surface area contributed by atoms with Crippen LogP contribution >= 0.6 is 11.6 Å². The van der Waals surface area contributed by atoms with Crippen molar-refractivity contribution in [3.05, 3.63) is 64.8 Å². The summed E-state index contributed by atoms with van der Waals surface area (Å²) in [4.78, 5) is 18.4. The summed E-state index contributed by atoms with van der Waals surface area (Å²) >= 11 is 5.90. The summed E-state index contributed by atoms with van der Waals surface area (Å²) in [5.74, 6) is 0.161. The summed E-state index contributed by atoms with van der Waals surface area (Å²) in [7, 11) is 0. The second kappa shape index (κ2) is 6.53. The van der Waals surface area contributed by atoms with Crippen molar-refractivity contribution in [3.63, 3.8) is 0 Å². The van der Waals surface area contributed by atoms with E-state index in [0.29, 0.717) is 34.4 Å². The number of anilines is 1. The molecule has 0 radical (unpaired) electrons. The van der Waals surface area contributed by atoms with Crippen molar-refractivity contribution in [2.24, 2.45) is 0 Å². The Balaban J connectivity index is 1.55. The number of carbonyl (C=O) groups excluding carboxylic acids is 1. The lowest BCUT2D eigenvalue weighted by atomic mass is 10.1. The Labute approximate surface area is 154 Å². The zero-order chi connectivity index (χ0) is 18.3. The summed E-state index contributed by atoms with van der Waals surface area (Å²) < 4.78 is 19.1. The lowest BCUT2D eigenvalue weighted by molar-refractivity contribution is -0.117.